The molecule has 0 radical (unpaired) electrons. The zero-order valence-corrected chi connectivity index (χ0v) is 19.7. The summed E-state index contributed by atoms with van der Waals surface area (Å²) in [6.45, 7) is 10.1. The Morgan fingerprint density at radius 2 is 1.65 bits per heavy atom. The third-order valence-corrected chi connectivity index (χ3v) is 8.60. The van der Waals surface area contributed by atoms with E-state index in [2.05, 4.69) is 44.2 Å². The smallest absolute Gasteiger partial charge is 0.282 e. The van der Waals surface area contributed by atoms with Crippen molar-refractivity contribution >= 4 is 10.2 Å². The molecule has 31 heavy (non-hydrogen) atoms. The van der Waals surface area contributed by atoms with Crippen molar-refractivity contribution in [1.82, 2.24) is 13.6 Å². The highest BCUT2D eigenvalue weighted by molar-refractivity contribution is 7.86. The SMILES string of the molecule is Cc1cccc(-c2ccc(C3CCN(S(=O)(=O)N4CC(C)OC(C)C4)CC3)cn2)c1C. The summed E-state index contributed by atoms with van der Waals surface area (Å²) in [5.74, 6) is 0.342. The summed E-state index contributed by atoms with van der Waals surface area (Å²) >= 11 is 0. The molecule has 2 unspecified atom stereocenters. The lowest BCUT2D eigenvalue weighted by Crippen LogP contribution is -2.54. The minimum atomic E-state index is -3.44. The van der Waals surface area contributed by atoms with E-state index < -0.39 is 10.2 Å². The van der Waals surface area contributed by atoms with Gasteiger partial charge in [0.25, 0.3) is 10.2 Å². The van der Waals surface area contributed by atoms with Crippen LogP contribution in [0.3, 0.4) is 0 Å². The van der Waals surface area contributed by atoms with Crippen LogP contribution in [0.5, 0.6) is 0 Å². The van der Waals surface area contributed by atoms with Crippen molar-refractivity contribution in [2.45, 2.75) is 58.7 Å². The predicted molar refractivity (Wildman–Crippen MR) is 123 cm³/mol. The van der Waals surface area contributed by atoms with Crippen molar-refractivity contribution in [2.24, 2.45) is 0 Å². The molecule has 2 atom stereocenters. The second kappa shape index (κ2) is 8.98. The number of rotatable bonds is 4. The Kier molecular flexibility index (Phi) is 6.49. The van der Waals surface area contributed by atoms with Crippen molar-refractivity contribution in [3.8, 4) is 11.3 Å². The van der Waals surface area contributed by atoms with E-state index in [1.54, 1.807) is 8.61 Å². The summed E-state index contributed by atoms with van der Waals surface area (Å²) in [5.41, 5.74) is 5.87. The van der Waals surface area contributed by atoms with Crippen molar-refractivity contribution in [2.75, 3.05) is 26.2 Å². The van der Waals surface area contributed by atoms with Crippen LogP contribution in [0.15, 0.2) is 36.5 Å². The number of ether oxygens (including phenoxy) is 1. The van der Waals surface area contributed by atoms with E-state index in [-0.39, 0.29) is 12.2 Å². The average molecular weight is 444 g/mol. The molecule has 2 aromatic rings. The lowest BCUT2D eigenvalue weighted by atomic mass is 9.91. The summed E-state index contributed by atoms with van der Waals surface area (Å²) in [6, 6.07) is 10.6. The number of nitrogens with zero attached hydrogens (tertiary/aromatic N) is 3. The van der Waals surface area contributed by atoms with Crippen LogP contribution in [-0.2, 0) is 14.9 Å². The molecular formula is C24H33N3O3S. The van der Waals surface area contributed by atoms with Crippen LogP contribution >= 0.6 is 0 Å². The highest BCUT2D eigenvalue weighted by Crippen LogP contribution is 2.31. The molecule has 0 N–H and O–H groups in total. The van der Waals surface area contributed by atoms with Crippen LogP contribution in [-0.4, -0.2) is 60.4 Å². The Hall–Kier alpha value is -1.80. The molecule has 0 amide bonds. The Balaban J connectivity index is 1.41. The van der Waals surface area contributed by atoms with Crippen LogP contribution in [0.2, 0.25) is 0 Å². The zero-order valence-electron chi connectivity index (χ0n) is 18.9. The van der Waals surface area contributed by atoms with Gasteiger partial charge in [0.2, 0.25) is 0 Å². The van der Waals surface area contributed by atoms with Crippen molar-refractivity contribution in [3.05, 3.63) is 53.2 Å². The van der Waals surface area contributed by atoms with Crippen LogP contribution < -0.4 is 0 Å². The molecule has 2 fully saturated rings. The monoisotopic (exact) mass is 443 g/mol. The zero-order chi connectivity index (χ0) is 22.2. The summed E-state index contributed by atoms with van der Waals surface area (Å²) < 4.78 is 35.2. The summed E-state index contributed by atoms with van der Waals surface area (Å²) in [4.78, 5) is 4.73. The maximum atomic E-state index is 13.1. The minimum Gasteiger partial charge on any atom is -0.373 e. The van der Waals surface area contributed by atoms with Crippen LogP contribution in [0, 0.1) is 13.8 Å². The topological polar surface area (TPSA) is 62.7 Å². The van der Waals surface area contributed by atoms with Gasteiger partial charge in [-0.2, -0.15) is 17.0 Å². The molecular weight excluding hydrogens is 410 g/mol. The molecule has 7 heteroatoms. The van der Waals surface area contributed by atoms with Gasteiger partial charge in [-0.15, -0.1) is 0 Å². The van der Waals surface area contributed by atoms with E-state index in [9.17, 15) is 8.42 Å². The Morgan fingerprint density at radius 1 is 0.968 bits per heavy atom. The lowest BCUT2D eigenvalue weighted by Gasteiger charge is -2.39. The third kappa shape index (κ3) is 4.70. The number of piperidine rings is 1. The van der Waals surface area contributed by atoms with E-state index in [4.69, 9.17) is 9.72 Å². The first-order valence-corrected chi connectivity index (χ1v) is 12.6. The van der Waals surface area contributed by atoms with Crippen molar-refractivity contribution in [3.63, 3.8) is 0 Å². The first-order chi connectivity index (χ1) is 14.8. The van der Waals surface area contributed by atoms with Gasteiger partial charge >= 0.3 is 0 Å². The van der Waals surface area contributed by atoms with Gasteiger partial charge < -0.3 is 4.74 Å². The summed E-state index contributed by atoms with van der Waals surface area (Å²) in [7, 11) is -3.44. The normalized spacial score (nSPS) is 24.4. The van der Waals surface area contributed by atoms with Gasteiger partial charge in [0, 0.05) is 37.9 Å². The molecule has 2 saturated heterocycles. The fourth-order valence-corrected chi connectivity index (χ4v) is 6.53. The van der Waals surface area contributed by atoms with E-state index in [0.717, 1.165) is 18.5 Å². The molecule has 0 saturated carbocycles. The number of benzene rings is 1. The molecule has 6 nitrogen and oxygen atoms in total. The van der Waals surface area contributed by atoms with E-state index in [1.165, 1.54) is 22.3 Å². The number of aromatic nitrogens is 1. The molecule has 2 aliphatic heterocycles. The molecule has 2 aliphatic rings. The van der Waals surface area contributed by atoms with E-state index in [1.807, 2.05) is 20.0 Å². The van der Waals surface area contributed by atoms with Gasteiger partial charge in [-0.05, 0) is 69.2 Å². The number of hydrogen-bond donors (Lipinski definition) is 0. The standard InChI is InChI=1S/C24H33N3O3S/c1-17-6-5-7-23(20(17)4)24-9-8-22(14-25-24)21-10-12-26(13-11-21)31(28,29)27-15-18(2)30-19(3)16-27/h5-9,14,18-19,21H,10-13,15-16H2,1-4H3. The molecule has 0 spiro atoms. The maximum absolute atomic E-state index is 13.1. The number of aryl methyl sites for hydroxylation is 1. The minimum absolute atomic E-state index is 0.0716. The van der Waals surface area contributed by atoms with Gasteiger partial charge in [0.1, 0.15) is 0 Å². The summed E-state index contributed by atoms with van der Waals surface area (Å²) in [6.07, 6.45) is 3.46. The van der Waals surface area contributed by atoms with Crippen LogP contribution in [0.4, 0.5) is 0 Å². The largest absolute Gasteiger partial charge is 0.373 e. The molecule has 4 rings (SSSR count). The quantitative estimate of drug-likeness (QED) is 0.719. The van der Waals surface area contributed by atoms with Gasteiger partial charge in [0.05, 0.1) is 17.9 Å². The van der Waals surface area contributed by atoms with Crippen molar-refractivity contribution < 1.29 is 13.2 Å². The second-order valence-corrected chi connectivity index (χ2v) is 10.9. The van der Waals surface area contributed by atoms with Gasteiger partial charge in [0.15, 0.2) is 0 Å². The maximum Gasteiger partial charge on any atom is 0.282 e. The fourth-order valence-electron chi connectivity index (χ4n) is 4.74. The van der Waals surface area contributed by atoms with E-state index in [0.29, 0.717) is 32.1 Å². The highest BCUT2D eigenvalue weighted by atomic mass is 32.2. The molecule has 168 valence electrons. The second-order valence-electron chi connectivity index (χ2n) is 8.98. The lowest BCUT2D eigenvalue weighted by molar-refractivity contribution is -0.0456. The first-order valence-electron chi connectivity index (χ1n) is 11.2. The van der Waals surface area contributed by atoms with Gasteiger partial charge in [-0.1, -0.05) is 24.3 Å². The van der Waals surface area contributed by atoms with Crippen LogP contribution in [0.1, 0.15) is 49.3 Å². The fraction of sp³-hybridized carbons (Fsp3) is 0.542. The van der Waals surface area contributed by atoms with Gasteiger partial charge in [-0.3, -0.25) is 4.98 Å². The highest BCUT2D eigenvalue weighted by Gasteiger charge is 2.37. The van der Waals surface area contributed by atoms with E-state index >= 15 is 0 Å². The predicted octanol–water partition coefficient (Wildman–Crippen LogP) is 3.90. The molecule has 3 heterocycles. The molecule has 0 aliphatic carbocycles. The van der Waals surface area contributed by atoms with Gasteiger partial charge in [-0.25, -0.2) is 0 Å². The number of hydrogen-bond acceptors (Lipinski definition) is 4. The first kappa shape index (κ1) is 22.4. The number of morpholine rings is 1. The number of pyridine rings is 1. The molecule has 1 aromatic carbocycles. The Labute approximate surface area is 186 Å². The molecule has 0 bridgehead atoms. The third-order valence-electron chi connectivity index (χ3n) is 6.63. The van der Waals surface area contributed by atoms with Crippen molar-refractivity contribution in [1.29, 1.82) is 0 Å². The Bertz CT molecular complexity index is 1000. The average Bonchev–Trinajstić information content (AvgIpc) is 2.75. The van der Waals surface area contributed by atoms with Crippen LogP contribution in [0.25, 0.3) is 11.3 Å². The summed E-state index contributed by atoms with van der Waals surface area (Å²) in [5, 5.41) is 0. The Morgan fingerprint density at radius 3 is 2.26 bits per heavy atom. The molecule has 1 aromatic heterocycles.